The summed E-state index contributed by atoms with van der Waals surface area (Å²) in [6.45, 7) is 0. The minimum atomic E-state index is -4.13. The van der Waals surface area contributed by atoms with Crippen molar-refractivity contribution < 1.29 is 35.4 Å². The maximum absolute atomic E-state index is 11.0. The number of rotatable bonds is 1. The van der Waals surface area contributed by atoms with Crippen LogP contribution in [0.25, 0.3) is 10.8 Å². The molecule has 0 fully saturated rings. The van der Waals surface area contributed by atoms with Crippen LogP contribution in [-0.2, 0) is 32.5 Å². The van der Waals surface area contributed by atoms with Crippen LogP contribution in [0.3, 0.4) is 0 Å². The molecule has 0 saturated carbocycles. The first-order chi connectivity index (χ1) is 6.59. The van der Waals surface area contributed by atoms with Crippen LogP contribution in [0.2, 0.25) is 0 Å². The molecule has 5 heteroatoms. The predicted molar refractivity (Wildman–Crippen MR) is 53.8 cm³/mol. The van der Waals surface area contributed by atoms with E-state index in [1.807, 2.05) is 6.07 Å². The van der Waals surface area contributed by atoms with Crippen LogP contribution in [0, 0.1) is 0 Å². The molecule has 2 aromatic rings. The minimum Gasteiger partial charge on any atom is -0.282 e. The summed E-state index contributed by atoms with van der Waals surface area (Å²) in [6.07, 6.45) is 0. The number of benzene rings is 2. The summed E-state index contributed by atoms with van der Waals surface area (Å²) < 4.78 is 31.0. The summed E-state index contributed by atoms with van der Waals surface area (Å²) in [6, 6.07) is 11.8. The molecule has 0 aliphatic rings. The van der Waals surface area contributed by atoms with Crippen LogP contribution in [0.4, 0.5) is 0 Å². The summed E-state index contributed by atoms with van der Waals surface area (Å²) in [7, 11) is -4.13. The fourth-order valence-corrected chi connectivity index (χ4v) is 2.13. The van der Waals surface area contributed by atoms with Crippen LogP contribution < -0.4 is 0 Å². The smallest absolute Gasteiger partial charge is 0.282 e. The molecule has 0 aliphatic carbocycles. The van der Waals surface area contributed by atoms with Gasteiger partial charge in [-0.3, -0.25) is 4.55 Å². The van der Waals surface area contributed by atoms with Crippen molar-refractivity contribution in [1.82, 2.24) is 0 Å². The second kappa shape index (κ2) is 4.47. The van der Waals surface area contributed by atoms with Crippen molar-refractivity contribution in [3.8, 4) is 0 Å². The quantitative estimate of drug-likeness (QED) is 0.584. The molecule has 0 bridgehead atoms. The normalized spacial score (nSPS) is 11.0. The van der Waals surface area contributed by atoms with E-state index >= 15 is 0 Å². The van der Waals surface area contributed by atoms with Gasteiger partial charge in [0.1, 0.15) is 4.90 Å². The summed E-state index contributed by atoms with van der Waals surface area (Å²) in [5.41, 5.74) is 0. The first-order valence-corrected chi connectivity index (χ1v) is 5.48. The first-order valence-electron chi connectivity index (χ1n) is 4.04. The number of hydrogen-bond donors (Lipinski definition) is 1. The van der Waals surface area contributed by atoms with E-state index in [1.54, 1.807) is 30.3 Å². The van der Waals surface area contributed by atoms with Gasteiger partial charge in [-0.15, -0.1) is 0 Å². The average Bonchev–Trinajstić information content (AvgIpc) is 2.15. The molecular formula is C10H8AuO3S. The van der Waals surface area contributed by atoms with E-state index < -0.39 is 10.1 Å². The van der Waals surface area contributed by atoms with Crippen LogP contribution in [0.5, 0.6) is 0 Å². The molecular weight excluding hydrogens is 397 g/mol. The molecule has 0 spiro atoms. The molecule has 0 heterocycles. The van der Waals surface area contributed by atoms with Crippen LogP contribution in [-0.4, -0.2) is 13.0 Å². The zero-order valence-corrected chi connectivity index (χ0v) is 10.5. The van der Waals surface area contributed by atoms with E-state index in [0.717, 1.165) is 5.39 Å². The average molecular weight is 405 g/mol. The van der Waals surface area contributed by atoms with Crippen molar-refractivity contribution in [1.29, 1.82) is 0 Å². The van der Waals surface area contributed by atoms with Gasteiger partial charge in [0, 0.05) is 27.8 Å². The van der Waals surface area contributed by atoms with Gasteiger partial charge in [-0.1, -0.05) is 36.4 Å². The molecule has 2 rings (SSSR count). The fraction of sp³-hybridized carbons (Fsp3) is 0. The maximum Gasteiger partial charge on any atom is 0.295 e. The van der Waals surface area contributed by atoms with Gasteiger partial charge in [0.15, 0.2) is 0 Å². The fourth-order valence-electron chi connectivity index (χ4n) is 1.42. The monoisotopic (exact) mass is 405 g/mol. The van der Waals surface area contributed by atoms with E-state index in [4.69, 9.17) is 4.55 Å². The zero-order valence-electron chi connectivity index (χ0n) is 7.51. The van der Waals surface area contributed by atoms with Crippen molar-refractivity contribution in [3.63, 3.8) is 0 Å². The second-order valence-electron chi connectivity index (χ2n) is 2.95. The van der Waals surface area contributed by atoms with Gasteiger partial charge in [-0.2, -0.15) is 8.42 Å². The molecule has 0 unspecified atom stereocenters. The van der Waals surface area contributed by atoms with Crippen molar-refractivity contribution in [2.75, 3.05) is 0 Å². The van der Waals surface area contributed by atoms with E-state index in [0.29, 0.717) is 5.39 Å². The number of hydrogen-bond acceptors (Lipinski definition) is 2. The van der Waals surface area contributed by atoms with E-state index in [1.165, 1.54) is 6.07 Å². The standard InChI is InChI=1S/C10H8O3S.Au/c11-14(12,13)10-7-3-5-8-4-1-2-6-9(8)10;/h1-7H,(H,11,12,13);. The summed E-state index contributed by atoms with van der Waals surface area (Å²) >= 11 is 0. The molecule has 0 atom stereocenters. The third-order valence-corrected chi connectivity index (χ3v) is 2.94. The van der Waals surface area contributed by atoms with E-state index in [9.17, 15) is 8.42 Å². The molecule has 83 valence electrons. The topological polar surface area (TPSA) is 54.4 Å². The Balaban J connectivity index is 0.00000112. The minimum absolute atomic E-state index is 0. The number of fused-ring (bicyclic) bond motifs is 1. The van der Waals surface area contributed by atoms with Crippen LogP contribution in [0.1, 0.15) is 0 Å². The SMILES string of the molecule is O=S(=O)(O)c1cccc2ccccc12.[Au]. The molecule has 1 radical (unpaired) electrons. The third kappa shape index (κ3) is 2.48. The molecule has 1 N–H and O–H groups in total. The van der Waals surface area contributed by atoms with Crippen molar-refractivity contribution in [3.05, 3.63) is 42.5 Å². The van der Waals surface area contributed by atoms with Gasteiger partial charge in [-0.05, 0) is 11.5 Å². The van der Waals surface area contributed by atoms with Crippen molar-refractivity contribution in [2.24, 2.45) is 0 Å². The van der Waals surface area contributed by atoms with E-state index in [2.05, 4.69) is 0 Å². The van der Waals surface area contributed by atoms with Gasteiger partial charge >= 0.3 is 0 Å². The molecule has 0 saturated heterocycles. The first kappa shape index (κ1) is 12.4. The Bertz CT molecular complexity index is 573. The summed E-state index contributed by atoms with van der Waals surface area (Å²) in [5.74, 6) is 0. The predicted octanol–water partition coefficient (Wildman–Crippen LogP) is 2.08. The summed E-state index contributed by atoms with van der Waals surface area (Å²) in [5, 5.41) is 1.33. The Morgan fingerprint density at radius 2 is 1.53 bits per heavy atom. The van der Waals surface area contributed by atoms with Gasteiger partial charge in [0.05, 0.1) is 0 Å². The molecule has 3 nitrogen and oxygen atoms in total. The maximum atomic E-state index is 11.0. The van der Waals surface area contributed by atoms with Gasteiger partial charge < -0.3 is 0 Å². The largest absolute Gasteiger partial charge is 0.295 e. The summed E-state index contributed by atoms with van der Waals surface area (Å²) in [4.78, 5) is -0.0457. The Labute approximate surface area is 103 Å². The Kier molecular flexibility index (Phi) is 3.70. The van der Waals surface area contributed by atoms with Crippen molar-refractivity contribution in [2.45, 2.75) is 4.90 Å². The molecule has 2 aromatic carbocycles. The van der Waals surface area contributed by atoms with Gasteiger partial charge in [-0.25, -0.2) is 0 Å². The Hall–Kier alpha value is -0.650. The third-order valence-electron chi connectivity index (χ3n) is 2.03. The molecule has 15 heavy (non-hydrogen) atoms. The van der Waals surface area contributed by atoms with Gasteiger partial charge in [0.25, 0.3) is 10.1 Å². The Morgan fingerprint density at radius 1 is 0.933 bits per heavy atom. The molecule has 0 aromatic heterocycles. The zero-order chi connectivity index (χ0) is 10.2. The van der Waals surface area contributed by atoms with Crippen LogP contribution >= 0.6 is 0 Å². The Morgan fingerprint density at radius 3 is 2.20 bits per heavy atom. The van der Waals surface area contributed by atoms with Crippen LogP contribution in [0.15, 0.2) is 47.4 Å². The second-order valence-corrected chi connectivity index (χ2v) is 4.34. The van der Waals surface area contributed by atoms with Gasteiger partial charge in [0.2, 0.25) is 0 Å². The molecule has 0 amide bonds. The molecule has 0 aliphatic heterocycles. The van der Waals surface area contributed by atoms with Crippen molar-refractivity contribution >= 4 is 20.9 Å². The van der Waals surface area contributed by atoms with E-state index in [-0.39, 0.29) is 27.3 Å².